The molecule has 0 bridgehead atoms. The van der Waals surface area contributed by atoms with Crippen LogP contribution in [0.15, 0.2) is 0 Å². The largest absolute Gasteiger partial charge is 0.481 e. The molecule has 0 aromatic rings. The third-order valence-corrected chi connectivity index (χ3v) is 3.25. The van der Waals surface area contributed by atoms with Crippen LogP contribution in [0.4, 0.5) is 4.79 Å². The van der Waals surface area contributed by atoms with E-state index in [2.05, 4.69) is 5.32 Å². The van der Waals surface area contributed by atoms with Gasteiger partial charge in [0.15, 0.2) is 0 Å². The number of ether oxygens (including phenoxy) is 1. The van der Waals surface area contributed by atoms with Gasteiger partial charge in [-0.25, -0.2) is 4.79 Å². The molecule has 0 aromatic heterocycles. The Morgan fingerprint density at radius 1 is 1.47 bits per heavy atom. The summed E-state index contributed by atoms with van der Waals surface area (Å²) in [5.41, 5.74) is -0.739. The first-order chi connectivity index (χ1) is 8.84. The molecule has 1 fully saturated rings. The quantitative estimate of drug-likeness (QED) is 0.791. The standard InChI is InChI=1S/C13H24N2O4/c1-13(2,7-11(16)17)14-12(18)15-6-4-5-10(8-15)9-19-3/h10H,4-9H2,1-3H3,(H,14,18)(H,16,17). The molecule has 19 heavy (non-hydrogen) atoms. The number of piperidine rings is 1. The highest BCUT2D eigenvalue weighted by Gasteiger charge is 2.29. The molecule has 1 saturated heterocycles. The van der Waals surface area contributed by atoms with Crippen LogP contribution in [0.25, 0.3) is 0 Å². The first kappa shape index (κ1) is 15.8. The monoisotopic (exact) mass is 272 g/mol. The summed E-state index contributed by atoms with van der Waals surface area (Å²) >= 11 is 0. The van der Waals surface area contributed by atoms with Crippen molar-refractivity contribution in [3.63, 3.8) is 0 Å². The van der Waals surface area contributed by atoms with E-state index in [9.17, 15) is 9.59 Å². The van der Waals surface area contributed by atoms with E-state index in [1.807, 2.05) is 0 Å². The average molecular weight is 272 g/mol. The number of carbonyl (C=O) groups is 2. The molecule has 2 amide bonds. The Bertz CT molecular complexity index is 329. The molecule has 1 atom stereocenters. The Labute approximate surface area is 114 Å². The minimum Gasteiger partial charge on any atom is -0.481 e. The molecule has 110 valence electrons. The normalized spacial score (nSPS) is 20.2. The topological polar surface area (TPSA) is 78.9 Å². The van der Waals surface area contributed by atoms with Gasteiger partial charge in [-0.1, -0.05) is 0 Å². The van der Waals surface area contributed by atoms with E-state index in [1.54, 1.807) is 25.9 Å². The fourth-order valence-corrected chi connectivity index (χ4v) is 2.41. The lowest BCUT2D eigenvalue weighted by Crippen LogP contribution is -2.53. The maximum Gasteiger partial charge on any atom is 0.317 e. The molecular formula is C13H24N2O4. The number of amides is 2. The third-order valence-electron chi connectivity index (χ3n) is 3.25. The van der Waals surface area contributed by atoms with Crippen molar-refractivity contribution in [2.75, 3.05) is 26.8 Å². The summed E-state index contributed by atoms with van der Waals surface area (Å²) in [4.78, 5) is 24.6. The number of aliphatic carboxylic acids is 1. The fraction of sp³-hybridized carbons (Fsp3) is 0.846. The van der Waals surface area contributed by atoms with Gasteiger partial charge < -0.3 is 20.1 Å². The number of methoxy groups -OCH3 is 1. The Morgan fingerprint density at radius 3 is 2.74 bits per heavy atom. The van der Waals surface area contributed by atoms with Gasteiger partial charge >= 0.3 is 12.0 Å². The van der Waals surface area contributed by atoms with Gasteiger partial charge in [0.2, 0.25) is 0 Å². The lowest BCUT2D eigenvalue weighted by atomic mass is 9.98. The van der Waals surface area contributed by atoms with Gasteiger partial charge in [-0.3, -0.25) is 4.79 Å². The van der Waals surface area contributed by atoms with Gasteiger partial charge in [-0.2, -0.15) is 0 Å². The number of carboxylic acids is 1. The van der Waals surface area contributed by atoms with Crippen molar-refractivity contribution in [1.29, 1.82) is 0 Å². The van der Waals surface area contributed by atoms with Gasteiger partial charge in [0.05, 0.1) is 13.0 Å². The van der Waals surface area contributed by atoms with Gasteiger partial charge in [0.25, 0.3) is 0 Å². The Morgan fingerprint density at radius 2 is 2.16 bits per heavy atom. The molecule has 1 heterocycles. The predicted molar refractivity (Wildman–Crippen MR) is 71.0 cm³/mol. The van der Waals surface area contributed by atoms with Crippen LogP contribution in [0.2, 0.25) is 0 Å². The maximum atomic E-state index is 12.1. The minimum atomic E-state index is -0.916. The number of rotatable bonds is 5. The highest BCUT2D eigenvalue weighted by molar-refractivity contribution is 5.76. The van der Waals surface area contributed by atoms with Gasteiger partial charge in [-0.05, 0) is 26.7 Å². The number of nitrogens with one attached hydrogen (secondary N) is 1. The van der Waals surface area contributed by atoms with Crippen LogP contribution >= 0.6 is 0 Å². The van der Waals surface area contributed by atoms with Crippen molar-refractivity contribution in [2.24, 2.45) is 5.92 Å². The molecule has 1 aliphatic rings. The van der Waals surface area contributed by atoms with Crippen LogP contribution in [0.1, 0.15) is 33.1 Å². The van der Waals surface area contributed by atoms with Gasteiger partial charge in [0.1, 0.15) is 0 Å². The van der Waals surface area contributed by atoms with Crippen molar-refractivity contribution >= 4 is 12.0 Å². The molecule has 2 N–H and O–H groups in total. The lowest BCUT2D eigenvalue weighted by molar-refractivity contribution is -0.138. The minimum absolute atomic E-state index is 0.0892. The molecule has 1 rings (SSSR count). The molecule has 6 nitrogen and oxygen atoms in total. The second kappa shape index (κ2) is 6.75. The number of carbonyl (C=O) groups excluding carboxylic acids is 1. The van der Waals surface area contributed by atoms with Gasteiger partial charge in [0, 0.05) is 31.7 Å². The summed E-state index contributed by atoms with van der Waals surface area (Å²) in [6.45, 7) is 5.48. The molecule has 0 radical (unpaired) electrons. The van der Waals surface area contributed by atoms with Crippen LogP contribution < -0.4 is 5.32 Å². The van der Waals surface area contributed by atoms with Crippen LogP contribution in [0.3, 0.4) is 0 Å². The number of likely N-dealkylation sites (tertiary alicyclic amines) is 1. The first-order valence-corrected chi connectivity index (χ1v) is 6.62. The van der Waals surface area contributed by atoms with Crippen LogP contribution in [0.5, 0.6) is 0 Å². The van der Waals surface area contributed by atoms with E-state index < -0.39 is 11.5 Å². The highest BCUT2D eigenvalue weighted by atomic mass is 16.5. The summed E-state index contributed by atoms with van der Waals surface area (Å²) < 4.78 is 5.13. The van der Waals surface area contributed by atoms with E-state index in [4.69, 9.17) is 9.84 Å². The molecular weight excluding hydrogens is 248 g/mol. The Balaban J connectivity index is 2.50. The van der Waals surface area contributed by atoms with E-state index in [-0.39, 0.29) is 12.5 Å². The van der Waals surface area contributed by atoms with E-state index in [0.29, 0.717) is 19.1 Å². The Hall–Kier alpha value is -1.30. The average Bonchev–Trinajstić information content (AvgIpc) is 2.27. The zero-order valence-corrected chi connectivity index (χ0v) is 11.9. The van der Waals surface area contributed by atoms with Crippen LogP contribution in [-0.2, 0) is 9.53 Å². The summed E-state index contributed by atoms with van der Waals surface area (Å²) in [6.07, 6.45) is 1.94. The Kier molecular flexibility index (Phi) is 5.60. The van der Waals surface area contributed by atoms with Crippen LogP contribution in [0, 0.1) is 5.92 Å². The van der Waals surface area contributed by atoms with Crippen LogP contribution in [-0.4, -0.2) is 54.4 Å². The second-order valence-corrected chi connectivity index (χ2v) is 5.79. The van der Waals surface area contributed by atoms with E-state index in [0.717, 1.165) is 19.4 Å². The van der Waals surface area contributed by atoms with Crippen molar-refractivity contribution < 1.29 is 19.4 Å². The third kappa shape index (κ3) is 5.46. The fourth-order valence-electron chi connectivity index (χ4n) is 2.41. The number of urea groups is 1. The number of hydrogen-bond donors (Lipinski definition) is 2. The first-order valence-electron chi connectivity index (χ1n) is 6.62. The molecule has 0 saturated carbocycles. The van der Waals surface area contributed by atoms with E-state index >= 15 is 0 Å². The SMILES string of the molecule is COCC1CCCN(C(=O)NC(C)(C)CC(=O)O)C1. The molecule has 6 heteroatoms. The summed E-state index contributed by atoms with van der Waals surface area (Å²) in [6, 6.07) is -0.188. The van der Waals surface area contributed by atoms with Gasteiger partial charge in [-0.15, -0.1) is 0 Å². The molecule has 0 aliphatic carbocycles. The second-order valence-electron chi connectivity index (χ2n) is 5.79. The molecule has 1 aliphatic heterocycles. The number of hydrogen-bond acceptors (Lipinski definition) is 3. The van der Waals surface area contributed by atoms with Crippen molar-refractivity contribution in [3.8, 4) is 0 Å². The summed E-state index contributed by atoms with van der Waals surface area (Å²) in [7, 11) is 1.66. The summed E-state index contributed by atoms with van der Waals surface area (Å²) in [5, 5.41) is 11.6. The maximum absolute atomic E-state index is 12.1. The zero-order chi connectivity index (χ0) is 14.5. The van der Waals surface area contributed by atoms with E-state index in [1.165, 1.54) is 0 Å². The predicted octanol–water partition coefficient (Wildman–Crippen LogP) is 1.31. The zero-order valence-electron chi connectivity index (χ0n) is 11.9. The molecule has 0 spiro atoms. The molecule has 0 aromatic carbocycles. The number of carboxylic acid groups (broad SMARTS) is 1. The van der Waals surface area contributed by atoms with Crippen molar-refractivity contribution in [1.82, 2.24) is 10.2 Å². The highest BCUT2D eigenvalue weighted by Crippen LogP contribution is 2.18. The lowest BCUT2D eigenvalue weighted by Gasteiger charge is -2.35. The molecule has 1 unspecified atom stereocenters. The number of nitrogens with zero attached hydrogens (tertiary/aromatic N) is 1. The van der Waals surface area contributed by atoms with Crippen molar-refractivity contribution in [3.05, 3.63) is 0 Å². The summed E-state index contributed by atoms with van der Waals surface area (Å²) in [5.74, 6) is -0.548. The smallest absolute Gasteiger partial charge is 0.317 e. The van der Waals surface area contributed by atoms with Crippen molar-refractivity contribution in [2.45, 2.75) is 38.6 Å².